The number of Topliss-reactive ketones (excluding diaryl/α,β-unsaturated/α-hetero) is 2. The first-order valence-corrected chi connectivity index (χ1v) is 42.5. The summed E-state index contributed by atoms with van der Waals surface area (Å²) in [6, 6.07) is 12.4. The standard InChI is InChI=1S/2C42H57N3O10S/c2*1-25-11-9-10-12-28-22-42(28,39(49)44-56(50,51)41(6)15-16-41)23-34(46)33-20-30(54-37-31-14-13-29(52-7)18-27(31)19-35(43-37)53-8)24-45(33)38(48)32(26(2)17-25)21-36(47)55-40(3,4)5/h2*10,12-14,18-19,25-26,28,30,32-33H,9,11,15-17,20-24H2,1-8H3,(H,44,49)/b2*12-10-/t25-,26+,28+,30+,32-,33-,42+;25-,26-,28-,30-,32+,33+,42-/m01/s1. The van der Waals surface area contributed by atoms with Crippen molar-refractivity contribution in [3.63, 3.8) is 0 Å². The van der Waals surface area contributed by atoms with Gasteiger partial charge in [-0.15, -0.1) is 0 Å². The fourth-order valence-electron chi connectivity index (χ4n) is 16.6. The van der Waals surface area contributed by atoms with Crippen molar-refractivity contribution in [2.24, 2.45) is 58.2 Å². The second-order valence-electron chi connectivity index (χ2n) is 35.5. The second-order valence-corrected chi connectivity index (χ2v) is 39.9. The van der Waals surface area contributed by atoms with E-state index in [0.717, 1.165) is 23.6 Å². The summed E-state index contributed by atoms with van der Waals surface area (Å²) in [6.07, 6.45) is 12.7. The minimum atomic E-state index is -3.96. The number of carbonyl (C=O) groups is 8. The van der Waals surface area contributed by atoms with E-state index >= 15 is 0 Å². The number of amides is 4. The highest BCUT2D eigenvalue weighted by Crippen LogP contribution is 2.59. The van der Waals surface area contributed by atoms with Gasteiger partial charge in [0.2, 0.25) is 67.2 Å². The van der Waals surface area contributed by atoms with Gasteiger partial charge in [0.15, 0.2) is 11.6 Å². The third-order valence-electron chi connectivity index (χ3n) is 24.1. The maximum absolute atomic E-state index is 14.9. The van der Waals surface area contributed by atoms with Gasteiger partial charge in [-0.3, -0.25) is 47.8 Å². The van der Waals surface area contributed by atoms with Crippen molar-refractivity contribution >= 4 is 88.7 Å². The summed E-state index contributed by atoms with van der Waals surface area (Å²) in [7, 11) is -1.79. The lowest BCUT2D eigenvalue weighted by molar-refractivity contribution is -0.160. The Hall–Kier alpha value is -8.40. The van der Waals surface area contributed by atoms with E-state index in [4.69, 9.17) is 37.9 Å². The van der Waals surface area contributed by atoms with Crippen LogP contribution in [0.4, 0.5) is 0 Å². The summed E-state index contributed by atoms with van der Waals surface area (Å²) in [5.41, 5.74) is -4.08. The maximum atomic E-state index is 14.9. The SMILES string of the molecule is COc1ccc2c(O[C@@H]3C[C@H]4C(=O)C[C@]5(C(=O)NS(=O)(=O)C6(C)CC6)C[C@H]5/C=C\CC[C@@H](C)C[C@@H](C)[C@H](CC(=O)OC(C)(C)C)C(=O)N4C3)nc(OC)cc2c1.COc1ccc2c(O[C@@H]3C[C@H]4C(=O)C[C@]5(C(=O)NS(=O)(=O)C6(C)CC6)C[C@H]5/C=C\CC[C@H](C)C[C@@H](C)[C@H](CC(=O)OC(C)(C)C)C(=O)N4C3)nc(OC)cc2c1. The van der Waals surface area contributed by atoms with E-state index in [9.17, 15) is 55.2 Å². The quantitative estimate of drug-likeness (QED) is 0.0690. The molecule has 4 amide bonds. The van der Waals surface area contributed by atoms with Crippen LogP contribution in [-0.2, 0) is 67.9 Å². The van der Waals surface area contributed by atoms with E-state index in [0.29, 0.717) is 98.2 Å². The highest BCUT2D eigenvalue weighted by Gasteiger charge is 2.65. The lowest BCUT2D eigenvalue weighted by atomic mass is 9.82. The zero-order valence-corrected chi connectivity index (χ0v) is 69.4. The molecule has 28 heteroatoms. The van der Waals surface area contributed by atoms with Crippen LogP contribution in [0.5, 0.6) is 35.0 Å². The summed E-state index contributed by atoms with van der Waals surface area (Å²) in [4.78, 5) is 126. The van der Waals surface area contributed by atoms with Gasteiger partial charge >= 0.3 is 11.9 Å². The number of fused-ring (bicyclic) bond motifs is 6. The van der Waals surface area contributed by atoms with Crippen LogP contribution < -0.4 is 37.9 Å². The van der Waals surface area contributed by atoms with E-state index in [1.807, 2.05) is 62.4 Å². The summed E-state index contributed by atoms with van der Waals surface area (Å²) in [6.45, 7) is 22.1. The summed E-state index contributed by atoms with van der Waals surface area (Å²) < 4.78 is 102. The van der Waals surface area contributed by atoms with Gasteiger partial charge < -0.3 is 47.7 Å². The topological polar surface area (TPSA) is 335 Å². The molecule has 0 radical (unpaired) electrons. The predicted molar refractivity (Wildman–Crippen MR) is 419 cm³/mol. The molecule has 4 aliphatic carbocycles. The molecule has 8 aliphatic rings. The summed E-state index contributed by atoms with van der Waals surface area (Å²) in [5.74, 6) is -3.80. The minimum absolute atomic E-state index is 0.0220. The molecule has 2 N–H and O–H groups in total. The number of esters is 2. The van der Waals surface area contributed by atoms with Gasteiger partial charge in [-0.1, -0.05) is 52.0 Å². The molecule has 4 saturated carbocycles. The average molecular weight is 1590 g/mol. The summed E-state index contributed by atoms with van der Waals surface area (Å²) in [5, 5.41) is 2.85. The van der Waals surface area contributed by atoms with Crippen molar-refractivity contribution in [2.45, 2.75) is 244 Å². The predicted octanol–water partition coefficient (Wildman–Crippen LogP) is 11.8. The van der Waals surface area contributed by atoms with Crippen LogP contribution in [0.1, 0.15) is 199 Å². The van der Waals surface area contributed by atoms with E-state index in [1.54, 1.807) is 93.9 Å². The van der Waals surface area contributed by atoms with Crippen LogP contribution in [0.15, 0.2) is 72.8 Å². The number of ether oxygens (including phenoxy) is 8. The zero-order chi connectivity index (χ0) is 81.6. The van der Waals surface area contributed by atoms with Crippen LogP contribution in [0, 0.1) is 58.2 Å². The number of carbonyl (C=O) groups excluding carboxylic acids is 8. The number of rotatable bonds is 18. The lowest BCUT2D eigenvalue weighted by Crippen LogP contribution is -2.48. The first-order chi connectivity index (χ1) is 52.5. The van der Waals surface area contributed by atoms with Crippen LogP contribution in [0.25, 0.3) is 21.5 Å². The van der Waals surface area contributed by atoms with Crippen molar-refractivity contribution in [3.05, 3.63) is 72.8 Å². The highest BCUT2D eigenvalue weighted by molar-refractivity contribution is 7.92. The Morgan fingerprint density at radius 3 is 1.22 bits per heavy atom. The molecule has 612 valence electrons. The van der Waals surface area contributed by atoms with Crippen molar-refractivity contribution in [1.82, 2.24) is 29.2 Å². The molecule has 0 bridgehead atoms. The smallest absolute Gasteiger partial charge is 0.307 e. The zero-order valence-electron chi connectivity index (χ0n) is 67.8. The Kier molecular flexibility index (Phi) is 24.8. The monoisotopic (exact) mass is 1590 g/mol. The molecule has 0 unspecified atom stereocenters. The molecule has 112 heavy (non-hydrogen) atoms. The van der Waals surface area contributed by atoms with E-state index < -0.39 is 111 Å². The first kappa shape index (κ1) is 84.5. The Morgan fingerprint density at radius 2 is 0.893 bits per heavy atom. The van der Waals surface area contributed by atoms with E-state index in [-0.39, 0.29) is 122 Å². The number of aromatic nitrogens is 2. The third kappa shape index (κ3) is 19.2. The van der Waals surface area contributed by atoms with Gasteiger partial charge in [0.05, 0.1) is 98.6 Å². The second kappa shape index (κ2) is 32.8. The van der Waals surface area contributed by atoms with Crippen molar-refractivity contribution in [2.75, 3.05) is 41.5 Å². The Bertz CT molecular complexity index is 4280. The lowest BCUT2D eigenvalue weighted by Gasteiger charge is -2.32. The minimum Gasteiger partial charge on any atom is -0.497 e. The molecule has 4 aliphatic heterocycles. The third-order valence-corrected chi connectivity index (χ3v) is 28.5. The number of nitrogens with zero attached hydrogens (tertiary/aromatic N) is 4. The molecule has 4 aromatic rings. The van der Waals surface area contributed by atoms with Gasteiger partial charge in [0, 0.05) is 48.6 Å². The number of ketones is 2. The van der Waals surface area contributed by atoms with Crippen LogP contribution in [0.3, 0.4) is 0 Å². The highest BCUT2D eigenvalue weighted by atomic mass is 32.2. The average Bonchev–Trinajstić information content (AvgIpc) is 1.57. The number of pyridine rings is 2. The summed E-state index contributed by atoms with van der Waals surface area (Å²) >= 11 is 0. The molecule has 14 atom stereocenters. The van der Waals surface area contributed by atoms with Crippen LogP contribution >= 0.6 is 0 Å². The Balaban J connectivity index is 0.000000221. The molecule has 26 nitrogen and oxygen atoms in total. The first-order valence-electron chi connectivity index (χ1n) is 39.5. The van der Waals surface area contributed by atoms with Crippen LogP contribution in [0.2, 0.25) is 0 Å². The molecule has 12 rings (SSSR count). The van der Waals surface area contributed by atoms with Gasteiger partial charge in [-0.2, -0.15) is 9.97 Å². The van der Waals surface area contributed by atoms with Gasteiger partial charge in [-0.25, -0.2) is 16.8 Å². The van der Waals surface area contributed by atoms with Gasteiger partial charge in [-0.05, 0) is 215 Å². The largest absolute Gasteiger partial charge is 0.497 e. The fraction of sp³-hybridized carbons (Fsp3) is 0.643. The molecular formula is C84H114N6O20S2. The number of allylic oxidation sites excluding steroid dienone is 4. The van der Waals surface area contributed by atoms with E-state index in [1.165, 1.54) is 24.0 Å². The van der Waals surface area contributed by atoms with Gasteiger partial charge in [0.25, 0.3) is 0 Å². The number of sulfonamides is 2. The van der Waals surface area contributed by atoms with Crippen LogP contribution in [-0.4, -0.2) is 170 Å². The molecule has 6 heterocycles. The molecule has 2 saturated heterocycles. The number of hydrogen-bond donors (Lipinski definition) is 2. The fourth-order valence-corrected chi connectivity index (χ4v) is 19.3. The molecule has 2 aromatic carbocycles. The van der Waals surface area contributed by atoms with Crippen molar-refractivity contribution in [3.8, 4) is 35.0 Å². The van der Waals surface area contributed by atoms with Gasteiger partial charge in [0.1, 0.15) is 34.9 Å². The molecule has 0 spiro atoms. The van der Waals surface area contributed by atoms with Crippen molar-refractivity contribution < 1.29 is 93.1 Å². The Morgan fingerprint density at radius 1 is 0.527 bits per heavy atom. The Labute approximate surface area is 658 Å². The van der Waals surface area contributed by atoms with E-state index in [2.05, 4.69) is 33.3 Å². The molecule has 2 aromatic heterocycles. The molecular weight excluding hydrogens is 1480 g/mol. The number of methoxy groups -OCH3 is 4. The van der Waals surface area contributed by atoms with Crippen molar-refractivity contribution in [1.29, 1.82) is 0 Å². The number of nitrogens with one attached hydrogen (secondary N) is 2. The normalized spacial score (nSPS) is 29.9. The number of hydrogen-bond acceptors (Lipinski definition) is 22. The number of benzene rings is 2. The maximum Gasteiger partial charge on any atom is 0.307 e. The molecule has 6 fully saturated rings.